The van der Waals surface area contributed by atoms with Gasteiger partial charge in [-0.15, -0.1) is 0 Å². The van der Waals surface area contributed by atoms with Crippen LogP contribution in [0.1, 0.15) is 354 Å². The largest absolute Gasteiger partial charge is 0.466 e. The summed E-state index contributed by atoms with van der Waals surface area (Å²) >= 11 is 0. The number of rotatable bonds is 60. The van der Waals surface area contributed by atoms with Gasteiger partial charge in [-0.2, -0.15) is 0 Å². The lowest BCUT2D eigenvalue weighted by molar-refractivity contribution is -0.143. The number of unbranched alkanes of at least 4 members (excludes halogenated alkanes) is 45. The van der Waals surface area contributed by atoms with Gasteiger partial charge < -0.3 is 20.3 Å². The van der Waals surface area contributed by atoms with Crippen LogP contribution in [0.5, 0.6) is 0 Å². The normalized spacial score (nSPS) is 12.7. The van der Waals surface area contributed by atoms with E-state index in [0.717, 1.165) is 44.9 Å². The molecule has 0 saturated carbocycles. The first-order valence-electron chi connectivity index (χ1n) is 32.1. The van der Waals surface area contributed by atoms with E-state index in [9.17, 15) is 19.8 Å². The summed E-state index contributed by atoms with van der Waals surface area (Å²) in [6.45, 7) is 4.97. The van der Waals surface area contributed by atoms with E-state index in [2.05, 4.69) is 43.5 Å². The van der Waals surface area contributed by atoms with Crippen LogP contribution in [0.15, 0.2) is 24.3 Å². The Hall–Kier alpha value is -1.66. The Bertz CT molecular complexity index is 1110. The number of carbonyl (C=O) groups is 2. The number of nitrogens with one attached hydrogen (secondary N) is 1. The zero-order chi connectivity index (χ0) is 51.4. The number of carbonyl (C=O) groups excluding carboxylic acids is 2. The van der Waals surface area contributed by atoms with Crippen LogP contribution in [0.4, 0.5) is 0 Å². The lowest BCUT2D eigenvalue weighted by Gasteiger charge is -2.22. The Kier molecular flexibility index (Phi) is 59.5. The maximum Gasteiger partial charge on any atom is 0.305 e. The molecule has 0 rings (SSSR count). The van der Waals surface area contributed by atoms with Gasteiger partial charge in [0.1, 0.15) is 0 Å². The monoisotopic (exact) mass is 1000 g/mol. The van der Waals surface area contributed by atoms with Crippen molar-refractivity contribution in [2.45, 2.75) is 366 Å². The van der Waals surface area contributed by atoms with Crippen LogP contribution in [-0.4, -0.2) is 47.4 Å². The average Bonchev–Trinajstić information content (AvgIpc) is 3.37. The van der Waals surface area contributed by atoms with Crippen molar-refractivity contribution < 1.29 is 24.5 Å². The van der Waals surface area contributed by atoms with Gasteiger partial charge in [0.15, 0.2) is 0 Å². The van der Waals surface area contributed by atoms with Gasteiger partial charge in [-0.05, 0) is 57.8 Å². The van der Waals surface area contributed by atoms with Crippen molar-refractivity contribution >= 4 is 11.9 Å². The lowest BCUT2D eigenvalue weighted by atomic mass is 10.0. The standard InChI is InChI=1S/C65H125NO5/c1-3-5-7-9-11-13-15-34-37-41-45-49-53-57-63(68)62(61-67)66-64(69)58-54-50-46-42-38-35-32-30-28-26-24-22-20-18-17-19-21-23-25-27-29-31-33-36-40-44-48-52-56-60-71-65(70)59-55-51-47-43-39-16-14-12-10-8-6-4-2/h17,19,23,25,62-63,67-68H,3-16,18,20-22,24,26-61H2,1-2H3,(H,66,69)/b19-17-,25-23-. The third-order valence-electron chi connectivity index (χ3n) is 15.0. The molecular formula is C65H125NO5. The summed E-state index contributed by atoms with van der Waals surface area (Å²) in [5, 5.41) is 23.3. The zero-order valence-corrected chi connectivity index (χ0v) is 48.0. The highest BCUT2D eigenvalue weighted by Gasteiger charge is 2.20. The van der Waals surface area contributed by atoms with E-state index < -0.39 is 12.1 Å². The fraction of sp³-hybridized carbons (Fsp3) is 0.908. The van der Waals surface area contributed by atoms with Crippen molar-refractivity contribution in [1.29, 1.82) is 0 Å². The smallest absolute Gasteiger partial charge is 0.305 e. The number of hydrogen-bond donors (Lipinski definition) is 3. The van der Waals surface area contributed by atoms with E-state index in [1.807, 2.05) is 0 Å². The average molecular weight is 1000 g/mol. The first-order valence-corrected chi connectivity index (χ1v) is 32.1. The molecule has 0 aliphatic carbocycles. The third kappa shape index (κ3) is 57.5. The molecule has 0 aromatic rings. The fourth-order valence-corrected chi connectivity index (χ4v) is 10.1. The summed E-state index contributed by atoms with van der Waals surface area (Å²) in [5.74, 6) is -0.0216. The molecule has 2 atom stereocenters. The Morgan fingerprint density at radius 2 is 0.704 bits per heavy atom. The predicted octanol–water partition coefficient (Wildman–Crippen LogP) is 20.2. The molecule has 3 N–H and O–H groups in total. The van der Waals surface area contributed by atoms with Gasteiger partial charge in [-0.1, -0.05) is 308 Å². The van der Waals surface area contributed by atoms with Gasteiger partial charge in [0.05, 0.1) is 25.4 Å². The van der Waals surface area contributed by atoms with Crippen molar-refractivity contribution in [3.63, 3.8) is 0 Å². The molecule has 6 heteroatoms. The third-order valence-corrected chi connectivity index (χ3v) is 15.0. The van der Waals surface area contributed by atoms with Crippen molar-refractivity contribution in [3.05, 3.63) is 24.3 Å². The summed E-state index contributed by atoms with van der Waals surface area (Å²) < 4.78 is 5.47. The molecular weight excluding hydrogens is 875 g/mol. The maximum atomic E-state index is 12.5. The molecule has 2 unspecified atom stereocenters. The minimum atomic E-state index is -0.664. The molecule has 1 amide bonds. The Labute approximate surface area is 443 Å². The molecule has 0 aliphatic rings. The highest BCUT2D eigenvalue weighted by atomic mass is 16.5. The van der Waals surface area contributed by atoms with Crippen LogP contribution >= 0.6 is 0 Å². The molecule has 420 valence electrons. The van der Waals surface area contributed by atoms with Crippen LogP contribution in [0.3, 0.4) is 0 Å². The zero-order valence-electron chi connectivity index (χ0n) is 48.0. The molecule has 0 heterocycles. The Balaban J connectivity index is 3.39. The van der Waals surface area contributed by atoms with E-state index >= 15 is 0 Å². The molecule has 0 fully saturated rings. The van der Waals surface area contributed by atoms with Crippen molar-refractivity contribution in [3.8, 4) is 0 Å². The van der Waals surface area contributed by atoms with Gasteiger partial charge in [0.2, 0.25) is 5.91 Å². The van der Waals surface area contributed by atoms with Gasteiger partial charge in [-0.25, -0.2) is 0 Å². The maximum absolute atomic E-state index is 12.5. The van der Waals surface area contributed by atoms with E-state index in [1.165, 1.54) is 276 Å². The first-order chi connectivity index (χ1) is 35.0. The number of amides is 1. The second kappa shape index (κ2) is 60.9. The highest BCUT2D eigenvalue weighted by molar-refractivity contribution is 5.76. The van der Waals surface area contributed by atoms with Crippen molar-refractivity contribution in [2.75, 3.05) is 13.2 Å². The molecule has 0 saturated heterocycles. The van der Waals surface area contributed by atoms with Crippen molar-refractivity contribution in [2.24, 2.45) is 0 Å². The summed E-state index contributed by atoms with van der Waals surface area (Å²) in [6, 6.07) is -0.541. The lowest BCUT2D eigenvalue weighted by Crippen LogP contribution is -2.45. The minimum Gasteiger partial charge on any atom is -0.466 e. The number of allylic oxidation sites excluding steroid dienone is 4. The molecule has 0 aliphatic heterocycles. The first kappa shape index (κ1) is 69.3. The highest BCUT2D eigenvalue weighted by Crippen LogP contribution is 2.18. The number of ether oxygens (including phenoxy) is 1. The molecule has 0 spiro atoms. The van der Waals surface area contributed by atoms with Crippen LogP contribution < -0.4 is 5.32 Å². The predicted molar refractivity (Wildman–Crippen MR) is 310 cm³/mol. The van der Waals surface area contributed by atoms with Crippen LogP contribution in [-0.2, 0) is 14.3 Å². The van der Waals surface area contributed by atoms with E-state index in [0.29, 0.717) is 25.9 Å². The van der Waals surface area contributed by atoms with Crippen LogP contribution in [0, 0.1) is 0 Å². The quantitative estimate of drug-likeness (QED) is 0.0320. The molecule has 0 aromatic carbocycles. The fourth-order valence-electron chi connectivity index (χ4n) is 10.1. The summed E-state index contributed by atoms with van der Waals surface area (Å²) in [5.41, 5.74) is 0. The molecule has 71 heavy (non-hydrogen) atoms. The summed E-state index contributed by atoms with van der Waals surface area (Å²) in [7, 11) is 0. The van der Waals surface area contributed by atoms with Gasteiger partial charge in [-0.3, -0.25) is 9.59 Å². The topological polar surface area (TPSA) is 95.9 Å². The summed E-state index contributed by atoms with van der Waals surface area (Å²) in [4.78, 5) is 24.5. The molecule has 0 radical (unpaired) electrons. The molecule has 0 bridgehead atoms. The van der Waals surface area contributed by atoms with E-state index in [-0.39, 0.29) is 18.5 Å². The molecule has 6 nitrogen and oxygen atoms in total. The van der Waals surface area contributed by atoms with Gasteiger partial charge in [0.25, 0.3) is 0 Å². The SMILES string of the molecule is CCCCCCCCCCCCCCCC(O)C(CO)NC(=O)CCCCCCCCCCCCCCC/C=C\C/C=C\CCCCCCCCCCCOC(=O)CCCCCCCCCCCCCC. The van der Waals surface area contributed by atoms with Crippen LogP contribution in [0.2, 0.25) is 0 Å². The number of aliphatic hydroxyl groups is 2. The number of aliphatic hydroxyl groups excluding tert-OH is 2. The van der Waals surface area contributed by atoms with E-state index in [4.69, 9.17) is 4.74 Å². The molecule has 0 aromatic heterocycles. The Morgan fingerprint density at radius 3 is 1.07 bits per heavy atom. The second-order valence-electron chi connectivity index (χ2n) is 22.1. The second-order valence-corrected chi connectivity index (χ2v) is 22.1. The van der Waals surface area contributed by atoms with Crippen molar-refractivity contribution in [1.82, 2.24) is 5.32 Å². The number of esters is 1. The van der Waals surface area contributed by atoms with E-state index in [1.54, 1.807) is 0 Å². The Morgan fingerprint density at radius 1 is 0.394 bits per heavy atom. The minimum absolute atomic E-state index is 0.0130. The number of hydrogen-bond acceptors (Lipinski definition) is 5. The van der Waals surface area contributed by atoms with Gasteiger partial charge in [0, 0.05) is 12.8 Å². The summed E-state index contributed by atoms with van der Waals surface area (Å²) in [6.07, 6.45) is 74.9. The van der Waals surface area contributed by atoms with Crippen LogP contribution in [0.25, 0.3) is 0 Å². The van der Waals surface area contributed by atoms with Gasteiger partial charge >= 0.3 is 5.97 Å².